The number of hydrogen-bond acceptors (Lipinski definition) is 3. The summed E-state index contributed by atoms with van der Waals surface area (Å²) in [5, 5.41) is 20.2. The second-order valence-corrected chi connectivity index (χ2v) is 3.29. The zero-order valence-corrected chi connectivity index (χ0v) is 9.93. The molecule has 5 nitrogen and oxygen atoms in total. The molecule has 0 fully saturated rings. The number of nitrogens with one attached hydrogen (secondary N) is 2. The van der Waals surface area contributed by atoms with Gasteiger partial charge in [-0.1, -0.05) is 0 Å². The fourth-order valence-electron chi connectivity index (χ4n) is 1.24. The molecule has 0 saturated heterocycles. The van der Waals surface area contributed by atoms with Crippen molar-refractivity contribution in [1.82, 2.24) is 5.43 Å². The molecule has 0 amide bonds. The molecule has 0 spiro atoms. The SMILES string of the molecule is Cc1cc(/C=N/NC(=N)N)cc(C)c1O.Cl. The van der Waals surface area contributed by atoms with E-state index in [4.69, 9.17) is 11.1 Å². The van der Waals surface area contributed by atoms with E-state index in [1.807, 2.05) is 13.8 Å². The highest BCUT2D eigenvalue weighted by Gasteiger charge is 2.01. The summed E-state index contributed by atoms with van der Waals surface area (Å²) in [6.07, 6.45) is 1.54. The lowest BCUT2D eigenvalue weighted by Gasteiger charge is -2.04. The molecule has 0 radical (unpaired) electrons. The van der Waals surface area contributed by atoms with Crippen LogP contribution in [0.15, 0.2) is 17.2 Å². The van der Waals surface area contributed by atoms with E-state index in [0.29, 0.717) is 5.75 Å². The Morgan fingerprint density at radius 2 is 1.94 bits per heavy atom. The third-order valence-electron chi connectivity index (χ3n) is 1.91. The summed E-state index contributed by atoms with van der Waals surface area (Å²) in [7, 11) is 0. The van der Waals surface area contributed by atoms with Gasteiger partial charge >= 0.3 is 0 Å². The molecule has 16 heavy (non-hydrogen) atoms. The van der Waals surface area contributed by atoms with Crippen LogP contribution in [-0.2, 0) is 0 Å². The van der Waals surface area contributed by atoms with Crippen LogP contribution >= 0.6 is 12.4 Å². The Morgan fingerprint density at radius 3 is 2.38 bits per heavy atom. The number of hydrogen-bond donors (Lipinski definition) is 4. The van der Waals surface area contributed by atoms with Crippen LogP contribution in [0.3, 0.4) is 0 Å². The van der Waals surface area contributed by atoms with Gasteiger partial charge in [-0.3, -0.25) is 5.41 Å². The van der Waals surface area contributed by atoms with E-state index in [1.165, 1.54) is 0 Å². The zero-order chi connectivity index (χ0) is 11.4. The van der Waals surface area contributed by atoms with Gasteiger partial charge in [-0.15, -0.1) is 12.4 Å². The van der Waals surface area contributed by atoms with Crippen LogP contribution in [-0.4, -0.2) is 17.3 Å². The van der Waals surface area contributed by atoms with Gasteiger partial charge in [-0.25, -0.2) is 5.43 Å². The molecular formula is C10H15ClN4O. The van der Waals surface area contributed by atoms with E-state index in [0.717, 1.165) is 16.7 Å². The maximum atomic E-state index is 9.53. The van der Waals surface area contributed by atoms with Crippen LogP contribution in [0.5, 0.6) is 5.75 Å². The van der Waals surface area contributed by atoms with Gasteiger partial charge in [0, 0.05) is 0 Å². The lowest BCUT2D eigenvalue weighted by Crippen LogP contribution is -2.25. The van der Waals surface area contributed by atoms with E-state index in [1.54, 1.807) is 18.3 Å². The first-order chi connectivity index (χ1) is 7.00. The quantitative estimate of drug-likeness (QED) is 0.357. The van der Waals surface area contributed by atoms with Crippen LogP contribution in [0, 0.1) is 19.3 Å². The molecule has 0 unspecified atom stereocenters. The number of benzene rings is 1. The van der Waals surface area contributed by atoms with Crippen LogP contribution in [0.2, 0.25) is 0 Å². The monoisotopic (exact) mass is 242 g/mol. The van der Waals surface area contributed by atoms with E-state index < -0.39 is 0 Å². The van der Waals surface area contributed by atoms with E-state index >= 15 is 0 Å². The molecule has 88 valence electrons. The molecular weight excluding hydrogens is 228 g/mol. The molecule has 0 aromatic heterocycles. The summed E-state index contributed by atoms with van der Waals surface area (Å²) in [6.45, 7) is 3.64. The van der Waals surface area contributed by atoms with Crippen LogP contribution < -0.4 is 11.2 Å². The smallest absolute Gasteiger partial charge is 0.206 e. The standard InChI is InChI=1S/C10H14N4O.ClH/c1-6-3-8(4-7(2)9(6)15)5-13-14-10(11)12;/h3-5,15H,1-2H3,(H4,11,12,14);1H/b13-5+;. The molecule has 0 aliphatic heterocycles. The van der Waals surface area contributed by atoms with Gasteiger partial charge in [0.05, 0.1) is 6.21 Å². The fourth-order valence-corrected chi connectivity index (χ4v) is 1.24. The van der Waals surface area contributed by atoms with Gasteiger partial charge in [0.2, 0.25) is 5.96 Å². The van der Waals surface area contributed by atoms with Gasteiger partial charge in [0.25, 0.3) is 0 Å². The van der Waals surface area contributed by atoms with Crippen molar-refractivity contribution in [3.8, 4) is 5.75 Å². The van der Waals surface area contributed by atoms with Crippen molar-refractivity contribution in [2.75, 3.05) is 0 Å². The van der Waals surface area contributed by atoms with Gasteiger partial charge in [0.1, 0.15) is 5.75 Å². The second kappa shape index (κ2) is 5.97. The highest BCUT2D eigenvalue weighted by atomic mass is 35.5. The highest BCUT2D eigenvalue weighted by Crippen LogP contribution is 2.21. The molecule has 0 aliphatic carbocycles. The average Bonchev–Trinajstić information content (AvgIpc) is 2.13. The Balaban J connectivity index is 0.00000225. The molecule has 0 aliphatic rings. The number of aryl methyl sites for hydroxylation is 2. The number of guanidine groups is 1. The molecule has 1 aromatic carbocycles. The predicted molar refractivity (Wildman–Crippen MR) is 67.5 cm³/mol. The number of aromatic hydroxyl groups is 1. The van der Waals surface area contributed by atoms with Gasteiger partial charge in [-0.2, -0.15) is 5.10 Å². The largest absolute Gasteiger partial charge is 0.507 e. The average molecular weight is 243 g/mol. The first kappa shape index (κ1) is 14.2. The summed E-state index contributed by atoms with van der Waals surface area (Å²) >= 11 is 0. The lowest BCUT2D eigenvalue weighted by atomic mass is 10.1. The lowest BCUT2D eigenvalue weighted by molar-refractivity contribution is 0.467. The predicted octanol–water partition coefficient (Wildman–Crippen LogP) is 1.25. The Labute approximate surface area is 100 Å². The summed E-state index contributed by atoms with van der Waals surface area (Å²) < 4.78 is 0. The molecule has 5 N–H and O–H groups in total. The molecule has 6 heteroatoms. The minimum atomic E-state index is -0.210. The zero-order valence-electron chi connectivity index (χ0n) is 9.11. The topological polar surface area (TPSA) is 94.5 Å². The van der Waals surface area contributed by atoms with Crippen LogP contribution in [0.4, 0.5) is 0 Å². The Hall–Kier alpha value is -1.75. The maximum Gasteiger partial charge on any atom is 0.206 e. The van der Waals surface area contributed by atoms with Crippen molar-refractivity contribution in [2.45, 2.75) is 13.8 Å². The Kier molecular flexibility index (Phi) is 5.32. The molecule has 0 bridgehead atoms. The van der Waals surface area contributed by atoms with Gasteiger partial charge in [0.15, 0.2) is 0 Å². The fraction of sp³-hybridized carbons (Fsp3) is 0.200. The van der Waals surface area contributed by atoms with Crippen molar-refractivity contribution in [2.24, 2.45) is 10.8 Å². The number of nitrogens with two attached hydrogens (primary N) is 1. The normalized spacial score (nSPS) is 9.88. The highest BCUT2D eigenvalue weighted by molar-refractivity contribution is 5.85. The summed E-state index contributed by atoms with van der Waals surface area (Å²) in [6, 6.07) is 3.60. The number of phenolic OH excluding ortho intramolecular Hbond substituents is 1. The first-order valence-corrected chi connectivity index (χ1v) is 4.44. The number of halogens is 1. The molecule has 1 rings (SSSR count). The molecule has 0 atom stereocenters. The van der Waals surface area contributed by atoms with E-state index in [-0.39, 0.29) is 18.4 Å². The maximum absolute atomic E-state index is 9.53. The van der Waals surface area contributed by atoms with Crippen LogP contribution in [0.25, 0.3) is 0 Å². The molecule has 1 aromatic rings. The second-order valence-electron chi connectivity index (χ2n) is 3.29. The van der Waals surface area contributed by atoms with Crippen molar-refractivity contribution in [3.05, 3.63) is 28.8 Å². The number of hydrazone groups is 1. The first-order valence-electron chi connectivity index (χ1n) is 4.44. The van der Waals surface area contributed by atoms with Crippen molar-refractivity contribution in [3.63, 3.8) is 0 Å². The van der Waals surface area contributed by atoms with Crippen LogP contribution in [0.1, 0.15) is 16.7 Å². The summed E-state index contributed by atoms with van der Waals surface area (Å²) in [5.41, 5.74) is 9.80. The van der Waals surface area contributed by atoms with E-state index in [2.05, 4.69) is 10.5 Å². The van der Waals surface area contributed by atoms with E-state index in [9.17, 15) is 5.11 Å². The summed E-state index contributed by atoms with van der Waals surface area (Å²) in [5.74, 6) is 0.0881. The number of nitrogens with zero attached hydrogens (tertiary/aromatic N) is 1. The Morgan fingerprint density at radius 1 is 1.44 bits per heavy atom. The van der Waals surface area contributed by atoms with Crippen molar-refractivity contribution >= 4 is 24.6 Å². The van der Waals surface area contributed by atoms with Crippen molar-refractivity contribution in [1.29, 1.82) is 5.41 Å². The molecule has 0 heterocycles. The third kappa shape index (κ3) is 3.78. The summed E-state index contributed by atoms with van der Waals surface area (Å²) in [4.78, 5) is 0. The van der Waals surface area contributed by atoms with Gasteiger partial charge in [-0.05, 0) is 42.7 Å². The van der Waals surface area contributed by atoms with Crippen molar-refractivity contribution < 1.29 is 5.11 Å². The number of rotatable bonds is 2. The molecule has 0 saturated carbocycles. The third-order valence-corrected chi connectivity index (χ3v) is 1.91. The minimum absolute atomic E-state index is 0. The van der Waals surface area contributed by atoms with Gasteiger partial charge < -0.3 is 10.8 Å². The number of phenols is 1. The Bertz CT molecular complexity index is 394. The minimum Gasteiger partial charge on any atom is -0.507 e.